The number of carbonyl (C=O) groups is 1. The molecule has 2 aromatic rings. The largest absolute Gasteiger partial charge is 0.494 e. The van der Waals surface area contributed by atoms with Gasteiger partial charge < -0.3 is 19.7 Å². The van der Waals surface area contributed by atoms with Crippen LogP contribution >= 0.6 is 11.3 Å². The molecule has 26 heavy (non-hydrogen) atoms. The Kier molecular flexibility index (Phi) is 4.78. The molecule has 0 aliphatic carbocycles. The maximum absolute atomic E-state index is 14.9. The molecule has 0 spiro atoms. The SMILES string of the molecule is COc1cccc(C2CC(=O)NCc3nc(N4CCOCC4)sc32)c1F. The van der Waals surface area contributed by atoms with Gasteiger partial charge in [0.05, 0.1) is 32.6 Å². The van der Waals surface area contributed by atoms with Gasteiger partial charge in [-0.05, 0) is 6.07 Å². The Balaban J connectivity index is 1.75. The number of amides is 1. The lowest BCUT2D eigenvalue weighted by Gasteiger charge is -2.26. The zero-order chi connectivity index (χ0) is 18.1. The predicted molar refractivity (Wildman–Crippen MR) is 96.4 cm³/mol. The highest BCUT2D eigenvalue weighted by atomic mass is 32.1. The van der Waals surface area contributed by atoms with Crippen molar-refractivity contribution >= 4 is 22.4 Å². The number of aromatic nitrogens is 1. The molecule has 1 amide bonds. The summed E-state index contributed by atoms with van der Waals surface area (Å²) in [5, 5.41) is 3.78. The van der Waals surface area contributed by atoms with Crippen molar-refractivity contribution in [3.8, 4) is 5.75 Å². The third kappa shape index (κ3) is 3.14. The van der Waals surface area contributed by atoms with E-state index in [-0.39, 0.29) is 24.0 Å². The molecule has 1 N–H and O–H groups in total. The van der Waals surface area contributed by atoms with E-state index >= 15 is 0 Å². The van der Waals surface area contributed by atoms with Crippen LogP contribution < -0.4 is 15.0 Å². The van der Waals surface area contributed by atoms with Gasteiger partial charge in [0.1, 0.15) is 0 Å². The van der Waals surface area contributed by atoms with E-state index in [1.807, 2.05) is 0 Å². The van der Waals surface area contributed by atoms with Gasteiger partial charge in [-0.2, -0.15) is 0 Å². The number of fused-ring (bicyclic) bond motifs is 1. The third-order valence-electron chi connectivity index (χ3n) is 4.75. The van der Waals surface area contributed by atoms with Crippen LogP contribution in [0.1, 0.15) is 28.5 Å². The number of halogens is 1. The Morgan fingerprint density at radius 1 is 1.38 bits per heavy atom. The van der Waals surface area contributed by atoms with Crippen LogP contribution in [-0.2, 0) is 16.1 Å². The van der Waals surface area contributed by atoms with Crippen molar-refractivity contribution in [1.82, 2.24) is 10.3 Å². The summed E-state index contributed by atoms with van der Waals surface area (Å²) in [4.78, 5) is 20.0. The number of methoxy groups -OCH3 is 1. The van der Waals surface area contributed by atoms with Crippen molar-refractivity contribution in [2.24, 2.45) is 0 Å². The first-order chi connectivity index (χ1) is 12.7. The molecule has 4 rings (SSSR count). The number of hydrogen-bond acceptors (Lipinski definition) is 6. The standard InChI is InChI=1S/C18H20FN3O3S/c1-24-14-4-2-3-11(16(14)19)12-9-15(23)20-10-13-17(12)26-18(21-13)22-5-7-25-8-6-22/h2-4,12H,5-10H2,1H3,(H,20,23). The summed E-state index contributed by atoms with van der Waals surface area (Å²) >= 11 is 1.54. The molecule has 0 radical (unpaired) electrons. The molecule has 0 bridgehead atoms. The lowest BCUT2D eigenvalue weighted by molar-refractivity contribution is -0.121. The van der Waals surface area contributed by atoms with Gasteiger partial charge in [0.25, 0.3) is 0 Å². The minimum Gasteiger partial charge on any atom is -0.494 e. The average molecular weight is 377 g/mol. The maximum Gasteiger partial charge on any atom is 0.221 e. The topological polar surface area (TPSA) is 63.7 Å². The van der Waals surface area contributed by atoms with Crippen molar-refractivity contribution in [3.63, 3.8) is 0 Å². The average Bonchev–Trinajstić information content (AvgIpc) is 3.03. The number of carbonyl (C=O) groups excluding carboxylic acids is 1. The fraction of sp³-hybridized carbons (Fsp3) is 0.444. The fourth-order valence-corrected chi connectivity index (χ4v) is 4.63. The first-order valence-electron chi connectivity index (χ1n) is 8.58. The number of anilines is 1. The van der Waals surface area contributed by atoms with Crippen molar-refractivity contribution in [2.45, 2.75) is 18.9 Å². The van der Waals surface area contributed by atoms with E-state index in [9.17, 15) is 9.18 Å². The van der Waals surface area contributed by atoms with Crippen molar-refractivity contribution in [2.75, 3.05) is 38.3 Å². The Morgan fingerprint density at radius 3 is 2.96 bits per heavy atom. The molecule has 138 valence electrons. The molecule has 1 aromatic heterocycles. The second-order valence-corrected chi connectivity index (χ2v) is 7.31. The second kappa shape index (κ2) is 7.20. The van der Waals surface area contributed by atoms with Gasteiger partial charge in [-0.25, -0.2) is 9.37 Å². The van der Waals surface area contributed by atoms with Gasteiger partial charge in [-0.3, -0.25) is 4.79 Å². The van der Waals surface area contributed by atoms with Gasteiger partial charge in [0.2, 0.25) is 5.91 Å². The number of nitrogens with one attached hydrogen (secondary N) is 1. The minimum absolute atomic E-state index is 0.102. The number of thiazole rings is 1. The Labute approximate surface area is 154 Å². The number of ether oxygens (including phenoxy) is 2. The van der Waals surface area contributed by atoms with Gasteiger partial charge in [0, 0.05) is 35.9 Å². The fourth-order valence-electron chi connectivity index (χ4n) is 3.38. The minimum atomic E-state index is -0.415. The monoisotopic (exact) mass is 377 g/mol. The molecule has 2 aliphatic heterocycles. The number of rotatable bonds is 3. The second-order valence-electron chi connectivity index (χ2n) is 6.30. The zero-order valence-electron chi connectivity index (χ0n) is 14.5. The summed E-state index contributed by atoms with van der Waals surface area (Å²) in [5.41, 5.74) is 1.29. The quantitative estimate of drug-likeness (QED) is 0.889. The van der Waals surface area contributed by atoms with Crippen LogP contribution in [0.4, 0.5) is 9.52 Å². The van der Waals surface area contributed by atoms with Crippen LogP contribution in [0, 0.1) is 5.82 Å². The van der Waals surface area contributed by atoms with E-state index in [2.05, 4.69) is 10.2 Å². The van der Waals surface area contributed by atoms with Crippen LogP contribution in [0.15, 0.2) is 18.2 Å². The number of morpholine rings is 1. The van der Waals surface area contributed by atoms with E-state index in [1.54, 1.807) is 29.5 Å². The first kappa shape index (κ1) is 17.2. The number of hydrogen-bond donors (Lipinski definition) is 1. The summed E-state index contributed by atoms with van der Waals surface area (Å²) < 4.78 is 25.4. The summed E-state index contributed by atoms with van der Waals surface area (Å²) in [6.45, 7) is 3.30. The van der Waals surface area contributed by atoms with Crippen molar-refractivity contribution in [1.29, 1.82) is 0 Å². The van der Waals surface area contributed by atoms with Crippen LogP contribution in [0.2, 0.25) is 0 Å². The highest BCUT2D eigenvalue weighted by Gasteiger charge is 2.31. The Hall–Kier alpha value is -2.19. The molecule has 0 saturated carbocycles. The van der Waals surface area contributed by atoms with Gasteiger partial charge in [-0.15, -0.1) is 11.3 Å². The summed E-state index contributed by atoms with van der Waals surface area (Å²) in [6, 6.07) is 5.06. The van der Waals surface area contributed by atoms with Crippen LogP contribution in [0.3, 0.4) is 0 Å². The molecule has 2 aliphatic rings. The van der Waals surface area contributed by atoms with Crippen LogP contribution in [0.25, 0.3) is 0 Å². The zero-order valence-corrected chi connectivity index (χ0v) is 15.3. The molecule has 3 heterocycles. The summed E-state index contributed by atoms with van der Waals surface area (Å²) in [6.07, 6.45) is 0.196. The van der Waals surface area contributed by atoms with Crippen molar-refractivity contribution in [3.05, 3.63) is 40.2 Å². The lowest BCUT2D eigenvalue weighted by atomic mass is 9.93. The number of nitrogens with zero attached hydrogens (tertiary/aromatic N) is 2. The third-order valence-corrected chi connectivity index (χ3v) is 6.02. The number of benzene rings is 1. The summed E-state index contributed by atoms with van der Waals surface area (Å²) in [7, 11) is 1.44. The van der Waals surface area contributed by atoms with E-state index in [1.165, 1.54) is 7.11 Å². The molecule has 1 atom stereocenters. The maximum atomic E-state index is 14.9. The van der Waals surface area contributed by atoms with E-state index in [4.69, 9.17) is 14.5 Å². The molecular weight excluding hydrogens is 357 g/mol. The van der Waals surface area contributed by atoms with E-state index in [0.29, 0.717) is 25.3 Å². The van der Waals surface area contributed by atoms with Crippen molar-refractivity contribution < 1.29 is 18.7 Å². The van der Waals surface area contributed by atoms with Crippen LogP contribution in [0.5, 0.6) is 5.75 Å². The molecule has 6 nitrogen and oxygen atoms in total. The van der Waals surface area contributed by atoms with Crippen LogP contribution in [-0.4, -0.2) is 44.3 Å². The highest BCUT2D eigenvalue weighted by molar-refractivity contribution is 7.15. The predicted octanol–water partition coefficient (Wildman–Crippen LogP) is 2.28. The Bertz CT molecular complexity index is 820. The molecule has 1 fully saturated rings. The normalized spacial score (nSPS) is 20.3. The smallest absolute Gasteiger partial charge is 0.221 e. The lowest BCUT2D eigenvalue weighted by Crippen LogP contribution is -2.36. The van der Waals surface area contributed by atoms with Gasteiger partial charge in [0.15, 0.2) is 16.7 Å². The Morgan fingerprint density at radius 2 is 2.19 bits per heavy atom. The van der Waals surface area contributed by atoms with Gasteiger partial charge in [-0.1, -0.05) is 12.1 Å². The van der Waals surface area contributed by atoms with Gasteiger partial charge >= 0.3 is 0 Å². The first-order valence-corrected chi connectivity index (χ1v) is 9.40. The molecule has 1 saturated heterocycles. The highest BCUT2D eigenvalue weighted by Crippen LogP contribution is 2.41. The molecule has 1 aromatic carbocycles. The molecular formula is C18H20FN3O3S. The van der Waals surface area contributed by atoms with E-state index in [0.717, 1.165) is 28.8 Å². The summed E-state index contributed by atoms with van der Waals surface area (Å²) in [5.74, 6) is -0.696. The molecule has 1 unspecified atom stereocenters. The molecule has 8 heteroatoms. The van der Waals surface area contributed by atoms with E-state index < -0.39 is 5.82 Å².